The Bertz CT molecular complexity index is 2410. The number of halogens is 1. The van der Waals surface area contributed by atoms with E-state index in [9.17, 15) is 24.3 Å². The van der Waals surface area contributed by atoms with Crippen LogP contribution in [0.15, 0.2) is 56.1 Å². The second kappa shape index (κ2) is 14.4. The molecular formula is C38H37BrN10O7. The summed E-state index contributed by atoms with van der Waals surface area (Å²) in [5.41, 5.74) is 5.23. The smallest absolute Gasteiger partial charge is 0.300 e. The van der Waals surface area contributed by atoms with Crippen LogP contribution in [0, 0.1) is 6.92 Å². The fourth-order valence-electron chi connectivity index (χ4n) is 7.79. The van der Waals surface area contributed by atoms with Crippen LogP contribution in [0.5, 0.6) is 0 Å². The Morgan fingerprint density at radius 2 is 1.88 bits per heavy atom. The predicted octanol–water partition coefficient (Wildman–Crippen LogP) is 3.25. The highest BCUT2D eigenvalue weighted by Crippen LogP contribution is 2.35. The molecule has 0 bridgehead atoms. The number of hydrogen-bond donors (Lipinski definition) is 3. The number of hydrogen-bond acceptors (Lipinski definition) is 14. The first kappa shape index (κ1) is 35.9. The quantitative estimate of drug-likeness (QED) is 0.193. The zero-order chi connectivity index (χ0) is 38.7. The Morgan fingerprint density at radius 3 is 2.64 bits per heavy atom. The molecule has 4 aromatic heterocycles. The van der Waals surface area contributed by atoms with E-state index in [-0.39, 0.29) is 23.9 Å². The number of carbonyl (C=O) groups is 4. The van der Waals surface area contributed by atoms with Crippen molar-refractivity contribution in [1.82, 2.24) is 35.1 Å². The lowest BCUT2D eigenvalue weighted by Gasteiger charge is -2.33. The van der Waals surface area contributed by atoms with E-state index >= 15 is 0 Å². The summed E-state index contributed by atoms with van der Waals surface area (Å²) >= 11 is 3.60. The number of fused-ring (bicyclic) bond motifs is 2. The average molecular weight is 826 g/mol. The van der Waals surface area contributed by atoms with Crippen LogP contribution in [0.4, 0.5) is 17.5 Å². The first-order valence-electron chi connectivity index (χ1n) is 18.4. The van der Waals surface area contributed by atoms with Gasteiger partial charge in [-0.2, -0.15) is 4.98 Å². The van der Waals surface area contributed by atoms with Crippen molar-refractivity contribution in [2.45, 2.75) is 51.4 Å². The summed E-state index contributed by atoms with van der Waals surface area (Å²) in [6.45, 7) is 6.47. The van der Waals surface area contributed by atoms with Crippen molar-refractivity contribution in [2.75, 3.05) is 54.4 Å². The van der Waals surface area contributed by atoms with Crippen LogP contribution >= 0.6 is 15.9 Å². The molecule has 1 aromatic carbocycles. The Hall–Kier alpha value is -5.72. The lowest BCUT2D eigenvalue weighted by atomic mass is 10.0. The number of pyridine rings is 2. The number of piperazine rings is 1. The summed E-state index contributed by atoms with van der Waals surface area (Å²) < 4.78 is 12.5. The molecule has 0 saturated carbocycles. The molecule has 3 saturated heterocycles. The maximum Gasteiger partial charge on any atom is 0.300 e. The van der Waals surface area contributed by atoms with E-state index in [1.807, 2.05) is 30.0 Å². The first-order chi connectivity index (χ1) is 27.1. The number of anilines is 3. The molecule has 2 atom stereocenters. The number of nitrogens with one attached hydrogen (secondary N) is 2. The third-order valence-corrected chi connectivity index (χ3v) is 11.3. The van der Waals surface area contributed by atoms with E-state index in [0.717, 1.165) is 29.9 Å². The highest BCUT2D eigenvalue weighted by atomic mass is 79.9. The minimum Gasteiger partial charge on any atom is -0.444 e. The third kappa shape index (κ3) is 6.88. The number of rotatable bonds is 8. The second-order valence-corrected chi connectivity index (χ2v) is 15.4. The molecule has 17 nitrogen and oxygen atoms in total. The molecule has 8 heterocycles. The zero-order valence-corrected chi connectivity index (χ0v) is 31.9. The Morgan fingerprint density at radius 1 is 1.04 bits per heavy atom. The molecule has 5 aromatic rings. The van der Waals surface area contributed by atoms with Gasteiger partial charge in [-0.3, -0.25) is 34.4 Å². The van der Waals surface area contributed by atoms with Gasteiger partial charge in [-0.05, 0) is 65.0 Å². The number of nitrogens with zero attached hydrogens (tertiary/aromatic N) is 8. The van der Waals surface area contributed by atoms with Gasteiger partial charge < -0.3 is 34.0 Å². The molecule has 1 unspecified atom stereocenters. The molecule has 0 radical (unpaired) electrons. The fourth-order valence-corrected chi connectivity index (χ4v) is 8.51. The third-order valence-electron chi connectivity index (χ3n) is 10.6. The summed E-state index contributed by atoms with van der Waals surface area (Å²) in [7, 11) is 0. The van der Waals surface area contributed by atoms with Crippen molar-refractivity contribution in [1.29, 1.82) is 0 Å². The van der Waals surface area contributed by atoms with E-state index in [1.54, 1.807) is 23.2 Å². The Kier molecular flexibility index (Phi) is 9.25. The normalized spacial score (nSPS) is 20.3. The summed E-state index contributed by atoms with van der Waals surface area (Å²) in [6, 6.07) is 9.03. The highest BCUT2D eigenvalue weighted by molar-refractivity contribution is 9.10. The van der Waals surface area contributed by atoms with Gasteiger partial charge >= 0.3 is 0 Å². The molecule has 56 heavy (non-hydrogen) atoms. The maximum absolute atomic E-state index is 13.5. The number of carbonyl (C=O) groups excluding carboxylic acids is 4. The Balaban J connectivity index is 0.883. The van der Waals surface area contributed by atoms with Gasteiger partial charge in [0.2, 0.25) is 23.4 Å². The van der Waals surface area contributed by atoms with Gasteiger partial charge in [0.05, 0.1) is 17.4 Å². The summed E-state index contributed by atoms with van der Waals surface area (Å²) in [4.78, 5) is 76.9. The van der Waals surface area contributed by atoms with Crippen LogP contribution in [0.3, 0.4) is 0 Å². The predicted molar refractivity (Wildman–Crippen MR) is 205 cm³/mol. The summed E-state index contributed by atoms with van der Waals surface area (Å²) in [5.74, 6) is -0.673. The highest BCUT2D eigenvalue weighted by Gasteiger charge is 2.40. The Labute approximate surface area is 328 Å². The van der Waals surface area contributed by atoms with E-state index in [0.29, 0.717) is 102 Å². The summed E-state index contributed by atoms with van der Waals surface area (Å²) in [6.07, 6.45) is 3.53. The minimum absolute atomic E-state index is 0.0908. The molecule has 0 spiro atoms. The van der Waals surface area contributed by atoms with Gasteiger partial charge in [-0.25, -0.2) is 9.97 Å². The van der Waals surface area contributed by atoms with Gasteiger partial charge in [0.15, 0.2) is 17.1 Å². The molecule has 4 aliphatic heterocycles. The van der Waals surface area contributed by atoms with Crippen LogP contribution in [-0.4, -0.2) is 110 Å². The van der Waals surface area contributed by atoms with E-state index < -0.39 is 24.0 Å². The van der Waals surface area contributed by atoms with E-state index in [2.05, 4.69) is 46.3 Å². The van der Waals surface area contributed by atoms with Gasteiger partial charge in [0.1, 0.15) is 12.3 Å². The minimum atomic E-state index is -0.668. The maximum atomic E-state index is 13.5. The number of β-amino-alcohol motifs (C(OH)–C–C–N with tert-alkyl or cyclic N) is 1. The van der Waals surface area contributed by atoms with Gasteiger partial charge in [0.25, 0.3) is 17.8 Å². The lowest BCUT2D eigenvalue weighted by Crippen LogP contribution is -2.52. The number of piperidine rings is 1. The van der Waals surface area contributed by atoms with Crippen LogP contribution in [-0.2, 0) is 22.7 Å². The van der Waals surface area contributed by atoms with Gasteiger partial charge in [-0.15, -0.1) is 0 Å². The number of aliphatic hydroxyl groups is 1. The molecule has 3 N–H and O–H groups in total. The van der Waals surface area contributed by atoms with E-state index in [4.69, 9.17) is 18.8 Å². The number of amides is 4. The molecule has 288 valence electrons. The standard InChI is InChI=1S/C38H37BrN10O7/c1-20-12-22(4-6-40-20)36-42-27(19-55-36)34(52)41-26-15-29-32(44-33(26)48-7-5-24(50)18-48)45-38(56-29)47-10-8-46(9-11-47)16-21-13-23-17-49(37(54)31(23)25(39)14-21)28-2-3-30(51)43-35(28)53/h4,6,12-15,19,24,28,50H,2-3,5,7-11,16-18H2,1H3,(H,41,52)(H,43,51,53)/t24-,28?/m1/s1. The van der Waals surface area contributed by atoms with Crippen LogP contribution in [0.1, 0.15) is 56.9 Å². The van der Waals surface area contributed by atoms with Crippen LogP contribution in [0.25, 0.3) is 22.7 Å². The van der Waals surface area contributed by atoms with Gasteiger partial charge in [-0.1, -0.05) is 6.07 Å². The van der Waals surface area contributed by atoms with Crippen LogP contribution < -0.4 is 20.4 Å². The molecule has 18 heteroatoms. The zero-order valence-electron chi connectivity index (χ0n) is 30.3. The first-order valence-corrected chi connectivity index (χ1v) is 19.2. The van der Waals surface area contributed by atoms with Crippen molar-refractivity contribution in [3.63, 3.8) is 0 Å². The lowest BCUT2D eigenvalue weighted by molar-refractivity contribution is -0.136. The van der Waals surface area contributed by atoms with Crippen molar-refractivity contribution < 1.29 is 33.1 Å². The van der Waals surface area contributed by atoms with Crippen molar-refractivity contribution >= 4 is 68.3 Å². The van der Waals surface area contributed by atoms with Crippen molar-refractivity contribution in [2.24, 2.45) is 0 Å². The summed E-state index contributed by atoms with van der Waals surface area (Å²) in [5, 5.41) is 15.6. The molecule has 0 aliphatic carbocycles. The number of imide groups is 1. The average Bonchev–Trinajstić information content (AvgIpc) is 3.98. The molecular weight excluding hydrogens is 788 g/mol. The van der Waals surface area contributed by atoms with Crippen molar-refractivity contribution in [3.8, 4) is 11.5 Å². The SMILES string of the molecule is Cc1cc(-c2nc(C(=O)Nc3cc4oc(N5CCN(Cc6cc(Br)c7c(c6)CN(C6CCC(=O)NC6=O)C7=O)CC5)nc4nc3N3CC[C@@H](O)C3)co2)ccn1. The number of aryl methyl sites for hydroxylation is 1. The van der Waals surface area contributed by atoms with Crippen molar-refractivity contribution in [3.05, 3.63) is 75.3 Å². The number of aliphatic hydroxyl groups excluding tert-OH is 1. The van der Waals surface area contributed by atoms with Gasteiger partial charge in [0, 0.05) is 86.8 Å². The number of aromatic nitrogens is 4. The molecule has 4 aliphatic rings. The largest absolute Gasteiger partial charge is 0.444 e. The molecule has 9 rings (SSSR count). The molecule has 4 amide bonds. The monoisotopic (exact) mass is 824 g/mol. The fraction of sp³-hybridized carbons (Fsp3) is 0.368. The van der Waals surface area contributed by atoms with E-state index in [1.165, 1.54) is 6.26 Å². The number of oxazole rings is 2. The number of benzene rings is 1. The topological polar surface area (TPSA) is 203 Å². The van der Waals surface area contributed by atoms with Crippen LogP contribution in [0.2, 0.25) is 0 Å². The molecule has 3 fully saturated rings. The second-order valence-electron chi connectivity index (χ2n) is 14.5.